The largest absolute Gasteiger partial charge is 0.508 e. The second kappa shape index (κ2) is 7.05. The van der Waals surface area contributed by atoms with Crippen LogP contribution in [0.25, 0.3) is 22.0 Å². The smallest absolute Gasteiger partial charge is 0.340 e. The molecule has 0 aliphatic carbocycles. The molecule has 148 valence electrons. The number of phenolic OH excluding ortho intramolecular Hbond substituents is 1. The predicted octanol–water partition coefficient (Wildman–Crippen LogP) is 3.49. The van der Waals surface area contributed by atoms with Crippen LogP contribution < -0.4 is 5.63 Å². The molecule has 4 aromatic rings. The van der Waals surface area contributed by atoms with Crippen LogP contribution in [0.4, 0.5) is 0 Å². The van der Waals surface area contributed by atoms with Gasteiger partial charge in [-0.1, -0.05) is 0 Å². The fraction of sp³-hybridized carbons (Fsp3) is 0.238. The number of benzene rings is 1. The van der Waals surface area contributed by atoms with Crippen LogP contribution in [0.15, 0.2) is 45.7 Å². The molecule has 4 rings (SSSR count). The molecule has 0 saturated carbocycles. The number of aromatic hydroxyl groups is 1. The van der Waals surface area contributed by atoms with E-state index in [2.05, 4.69) is 10.1 Å². The Bertz CT molecular complexity index is 1300. The van der Waals surface area contributed by atoms with E-state index in [1.165, 1.54) is 18.2 Å². The SMILES string of the molecule is Cc1nc2c(cnn2C(C)C)cc1C(=O)OCc1cc(=O)oc2cc(O)ccc12. The summed E-state index contributed by atoms with van der Waals surface area (Å²) in [5, 5.41) is 15.2. The minimum Gasteiger partial charge on any atom is -0.508 e. The number of fused-ring (bicyclic) bond motifs is 2. The Labute approximate surface area is 165 Å². The number of aromatic nitrogens is 3. The number of nitrogens with zero attached hydrogens (tertiary/aromatic N) is 3. The van der Waals surface area contributed by atoms with E-state index in [9.17, 15) is 14.7 Å². The average Bonchev–Trinajstić information content (AvgIpc) is 3.07. The van der Waals surface area contributed by atoms with Crippen LogP contribution in [0.3, 0.4) is 0 Å². The number of hydrogen-bond acceptors (Lipinski definition) is 7. The number of aryl methyl sites for hydroxylation is 1. The summed E-state index contributed by atoms with van der Waals surface area (Å²) in [6, 6.07) is 7.55. The van der Waals surface area contributed by atoms with Gasteiger partial charge in [0.15, 0.2) is 5.65 Å². The normalized spacial score (nSPS) is 11.4. The summed E-state index contributed by atoms with van der Waals surface area (Å²) in [5.41, 5.74) is 1.71. The van der Waals surface area contributed by atoms with Crippen molar-refractivity contribution in [2.24, 2.45) is 0 Å². The number of ether oxygens (including phenoxy) is 1. The van der Waals surface area contributed by atoms with Crippen LogP contribution in [-0.4, -0.2) is 25.8 Å². The van der Waals surface area contributed by atoms with E-state index in [0.717, 1.165) is 5.39 Å². The maximum atomic E-state index is 12.7. The zero-order chi connectivity index (χ0) is 20.7. The summed E-state index contributed by atoms with van der Waals surface area (Å²) in [7, 11) is 0. The first-order valence-corrected chi connectivity index (χ1v) is 9.11. The molecule has 8 nitrogen and oxygen atoms in total. The molecule has 0 saturated heterocycles. The van der Waals surface area contributed by atoms with Gasteiger partial charge in [0.2, 0.25) is 0 Å². The molecule has 0 amide bonds. The summed E-state index contributed by atoms with van der Waals surface area (Å²) in [5.74, 6) is -0.568. The Balaban J connectivity index is 1.63. The molecule has 1 N–H and O–H groups in total. The highest BCUT2D eigenvalue weighted by Gasteiger charge is 2.17. The van der Waals surface area contributed by atoms with Crippen molar-refractivity contribution < 1.29 is 19.1 Å². The zero-order valence-electron chi connectivity index (χ0n) is 16.2. The van der Waals surface area contributed by atoms with Crippen LogP contribution >= 0.6 is 0 Å². The Hall–Kier alpha value is -3.68. The van der Waals surface area contributed by atoms with Crippen LogP contribution in [0.5, 0.6) is 5.75 Å². The van der Waals surface area contributed by atoms with E-state index in [1.54, 1.807) is 29.9 Å². The van der Waals surface area contributed by atoms with Crippen molar-refractivity contribution in [1.29, 1.82) is 0 Å². The summed E-state index contributed by atoms with van der Waals surface area (Å²) in [4.78, 5) is 29.0. The zero-order valence-corrected chi connectivity index (χ0v) is 16.2. The van der Waals surface area contributed by atoms with Crippen molar-refractivity contribution in [3.63, 3.8) is 0 Å². The number of esters is 1. The van der Waals surface area contributed by atoms with E-state index in [0.29, 0.717) is 27.9 Å². The molecule has 3 heterocycles. The van der Waals surface area contributed by atoms with Crippen LogP contribution in [-0.2, 0) is 11.3 Å². The Morgan fingerprint density at radius 3 is 2.83 bits per heavy atom. The summed E-state index contributed by atoms with van der Waals surface area (Å²) in [6.45, 7) is 5.63. The van der Waals surface area contributed by atoms with E-state index in [-0.39, 0.29) is 24.0 Å². The van der Waals surface area contributed by atoms with Gasteiger partial charge in [0, 0.05) is 34.5 Å². The first-order chi connectivity index (χ1) is 13.8. The molecule has 0 unspecified atom stereocenters. The van der Waals surface area contributed by atoms with Crippen molar-refractivity contribution >= 4 is 28.0 Å². The van der Waals surface area contributed by atoms with Crippen molar-refractivity contribution in [3.8, 4) is 5.75 Å². The number of carbonyl (C=O) groups is 1. The summed E-state index contributed by atoms with van der Waals surface area (Å²) >= 11 is 0. The lowest BCUT2D eigenvalue weighted by atomic mass is 10.1. The Morgan fingerprint density at radius 2 is 2.07 bits per heavy atom. The van der Waals surface area contributed by atoms with Gasteiger partial charge in [-0.05, 0) is 39.0 Å². The maximum absolute atomic E-state index is 12.7. The van der Waals surface area contributed by atoms with E-state index < -0.39 is 11.6 Å². The van der Waals surface area contributed by atoms with Gasteiger partial charge in [-0.3, -0.25) is 0 Å². The van der Waals surface area contributed by atoms with E-state index in [1.807, 2.05) is 13.8 Å². The number of hydrogen-bond donors (Lipinski definition) is 1. The second-order valence-electron chi connectivity index (χ2n) is 7.06. The lowest BCUT2D eigenvalue weighted by Gasteiger charge is -2.10. The highest BCUT2D eigenvalue weighted by molar-refractivity contribution is 5.94. The fourth-order valence-electron chi connectivity index (χ4n) is 3.21. The van der Waals surface area contributed by atoms with E-state index in [4.69, 9.17) is 9.15 Å². The fourth-order valence-corrected chi connectivity index (χ4v) is 3.21. The van der Waals surface area contributed by atoms with Gasteiger partial charge >= 0.3 is 11.6 Å². The van der Waals surface area contributed by atoms with Gasteiger partial charge in [0.25, 0.3) is 0 Å². The topological polar surface area (TPSA) is 107 Å². The molecule has 0 fully saturated rings. The first-order valence-electron chi connectivity index (χ1n) is 9.11. The molecule has 8 heteroatoms. The molecule has 0 aliphatic heterocycles. The van der Waals surface area contributed by atoms with Crippen molar-refractivity contribution in [1.82, 2.24) is 14.8 Å². The summed E-state index contributed by atoms with van der Waals surface area (Å²) < 4.78 is 12.3. The summed E-state index contributed by atoms with van der Waals surface area (Å²) in [6.07, 6.45) is 1.67. The molecule has 0 atom stereocenters. The van der Waals surface area contributed by atoms with Gasteiger partial charge in [-0.2, -0.15) is 5.10 Å². The maximum Gasteiger partial charge on any atom is 0.340 e. The number of phenols is 1. The van der Waals surface area contributed by atoms with Gasteiger partial charge in [-0.25, -0.2) is 19.3 Å². The van der Waals surface area contributed by atoms with Gasteiger partial charge < -0.3 is 14.3 Å². The van der Waals surface area contributed by atoms with Crippen molar-refractivity contribution in [2.75, 3.05) is 0 Å². The molecule has 1 aromatic carbocycles. The minimum absolute atomic E-state index is 0.0215. The van der Waals surface area contributed by atoms with Crippen molar-refractivity contribution in [2.45, 2.75) is 33.4 Å². The third-order valence-corrected chi connectivity index (χ3v) is 4.64. The average molecular weight is 393 g/mol. The molecule has 0 bridgehead atoms. The molecule has 3 aromatic heterocycles. The van der Waals surface area contributed by atoms with Crippen LogP contribution in [0.2, 0.25) is 0 Å². The standard InChI is InChI=1S/C21H19N3O5/c1-11(2)24-20-13(9-22-24)6-17(12(3)23-20)21(27)28-10-14-7-19(26)29-18-8-15(25)4-5-16(14)18/h4-9,11,25H,10H2,1-3H3. The first kappa shape index (κ1) is 18.7. The third-order valence-electron chi connectivity index (χ3n) is 4.64. The number of rotatable bonds is 4. The Morgan fingerprint density at radius 1 is 1.28 bits per heavy atom. The quantitative estimate of drug-likeness (QED) is 0.418. The molecule has 29 heavy (non-hydrogen) atoms. The molecule has 0 aliphatic rings. The number of carbonyl (C=O) groups excluding carboxylic acids is 1. The lowest BCUT2D eigenvalue weighted by Crippen LogP contribution is -2.11. The predicted molar refractivity (Wildman–Crippen MR) is 106 cm³/mol. The molecule has 0 spiro atoms. The second-order valence-corrected chi connectivity index (χ2v) is 7.06. The molecule has 0 radical (unpaired) electrons. The van der Waals surface area contributed by atoms with Crippen LogP contribution in [0, 0.1) is 6.92 Å². The molecular weight excluding hydrogens is 374 g/mol. The van der Waals surface area contributed by atoms with Gasteiger partial charge in [-0.15, -0.1) is 0 Å². The number of pyridine rings is 1. The monoisotopic (exact) mass is 393 g/mol. The minimum atomic E-state index is -0.588. The van der Waals surface area contributed by atoms with Crippen LogP contribution in [0.1, 0.15) is 41.5 Å². The third kappa shape index (κ3) is 3.44. The van der Waals surface area contributed by atoms with E-state index >= 15 is 0 Å². The van der Waals surface area contributed by atoms with Gasteiger partial charge in [0.05, 0.1) is 17.5 Å². The lowest BCUT2D eigenvalue weighted by molar-refractivity contribution is 0.0472. The molecular formula is C21H19N3O5. The highest BCUT2D eigenvalue weighted by Crippen LogP contribution is 2.23. The Kier molecular flexibility index (Phi) is 4.54. The van der Waals surface area contributed by atoms with Crippen molar-refractivity contribution in [3.05, 3.63) is 63.8 Å². The highest BCUT2D eigenvalue weighted by atomic mass is 16.5. The van der Waals surface area contributed by atoms with Gasteiger partial charge in [0.1, 0.15) is 17.9 Å².